The van der Waals surface area contributed by atoms with E-state index < -0.39 is 0 Å². The average Bonchev–Trinajstić information content (AvgIpc) is 1.41. The van der Waals surface area contributed by atoms with Crippen molar-refractivity contribution in [3.8, 4) is 12.3 Å². The second-order valence-corrected chi connectivity index (χ2v) is 0.530. The monoisotopic (exact) mass is 56.1 g/mol. The Bertz CT molecular complexity index is 55.8. The molecule has 0 aliphatic carbocycles. The minimum atomic E-state index is 0.795. The van der Waals surface area contributed by atoms with Crippen LogP contribution in [0.4, 0.5) is 0 Å². The summed E-state index contributed by atoms with van der Waals surface area (Å²) < 4.78 is 6.24. The molecule has 0 aromatic carbocycles. The van der Waals surface area contributed by atoms with E-state index in [9.17, 15) is 0 Å². The number of hydrogen-bond donors (Lipinski definition) is 0. The van der Waals surface area contributed by atoms with E-state index in [0.29, 0.717) is 0 Å². The smallest absolute Gasteiger partial charge is 0.120 e. The molecule has 0 aromatic heterocycles. The van der Waals surface area contributed by atoms with Gasteiger partial charge in [-0.2, -0.15) is 0 Å². The van der Waals surface area contributed by atoms with Crippen LogP contribution in [0.3, 0.4) is 0 Å². The van der Waals surface area contributed by atoms with Crippen molar-refractivity contribution in [2.24, 2.45) is 0 Å². The molecule has 0 aromatic rings. The molecule has 0 nitrogen and oxygen atoms in total. The summed E-state index contributed by atoms with van der Waals surface area (Å²) in [6, 6.07) is 0. The van der Waals surface area contributed by atoms with Gasteiger partial charge in [-0.15, -0.1) is 12.3 Å². The number of hydrogen-bond acceptors (Lipinski definition) is 0. The fourth-order valence-electron chi connectivity index (χ4n) is 0. The SMILES string of the molecule is [3H]C#CCC. The van der Waals surface area contributed by atoms with Gasteiger partial charge < -0.3 is 0 Å². The summed E-state index contributed by atoms with van der Waals surface area (Å²) in [7, 11) is 0. The first-order valence-corrected chi connectivity index (χ1v) is 1.31. The lowest BCUT2D eigenvalue weighted by molar-refractivity contribution is 1.28. The first kappa shape index (κ1) is 1.84. The van der Waals surface area contributed by atoms with Gasteiger partial charge in [0, 0.05) is 6.42 Å². The highest BCUT2D eigenvalue weighted by atomic mass is 13.5. The Morgan fingerprint density at radius 1 is 2.50 bits per heavy atom. The van der Waals surface area contributed by atoms with Crippen LogP contribution in [-0.4, -0.2) is 0 Å². The Morgan fingerprint density at radius 3 is 3.25 bits per heavy atom. The third kappa shape index (κ3) is 1.56. The van der Waals surface area contributed by atoms with Gasteiger partial charge in [-0.1, -0.05) is 6.92 Å². The van der Waals surface area contributed by atoms with Crippen LogP contribution in [0, 0.1) is 12.3 Å². The molecule has 0 spiro atoms. The molecule has 0 aliphatic heterocycles. The predicted octanol–water partition coefficient (Wildman–Crippen LogP) is 1.03. The first-order chi connectivity index (χ1) is 2.41. The topological polar surface area (TPSA) is 0 Å². The summed E-state index contributed by atoms with van der Waals surface area (Å²) in [4.78, 5) is 0. The molecule has 0 fully saturated rings. The third-order valence-corrected chi connectivity index (χ3v) is 0.177. The molecule has 0 atom stereocenters. The molecule has 22 valence electrons. The van der Waals surface area contributed by atoms with Gasteiger partial charge in [0.15, 0.2) is 0 Å². The lowest BCUT2D eigenvalue weighted by Crippen LogP contribution is -1.38. The van der Waals surface area contributed by atoms with E-state index >= 15 is 0 Å². The maximum atomic E-state index is 6.24. The zero-order valence-electron chi connectivity index (χ0n) is 3.71. The lowest BCUT2D eigenvalue weighted by atomic mass is 10.5. The van der Waals surface area contributed by atoms with E-state index in [1.54, 1.807) is 0 Å². The summed E-state index contributed by atoms with van der Waals surface area (Å²) in [6.45, 7) is 1.92. The normalized spacial score (nSPS) is 6.75. The van der Waals surface area contributed by atoms with Gasteiger partial charge in [0.05, 0.1) is 0 Å². The minimum absolute atomic E-state index is 0.795. The van der Waals surface area contributed by atoms with Crippen LogP contribution in [0.1, 0.15) is 14.7 Å². The standard InChI is InChI=1S/C4H6/c1-3-4-2/h1H,4H2,2H3/i1T. The zero-order chi connectivity index (χ0) is 4.12. The average molecular weight is 56.1 g/mol. The predicted molar refractivity (Wildman–Crippen MR) is 19.1 cm³/mol. The Hall–Kier alpha value is -0.440. The van der Waals surface area contributed by atoms with Crippen molar-refractivity contribution in [2.75, 3.05) is 0 Å². The van der Waals surface area contributed by atoms with Crippen molar-refractivity contribution in [3.63, 3.8) is 0 Å². The highest BCUT2D eigenvalue weighted by Gasteiger charge is 1.43. The molecule has 0 heteroatoms. The second kappa shape index (κ2) is 2.56. The van der Waals surface area contributed by atoms with Crippen molar-refractivity contribution in [2.45, 2.75) is 13.3 Å². The Morgan fingerprint density at radius 2 is 3.25 bits per heavy atom. The van der Waals surface area contributed by atoms with Gasteiger partial charge in [-0.25, -0.2) is 0 Å². The van der Waals surface area contributed by atoms with Crippen LogP contribution in [-0.2, 0) is 0 Å². The molecule has 0 unspecified atom stereocenters. The van der Waals surface area contributed by atoms with Crippen LogP contribution in [0.5, 0.6) is 0 Å². The molecule has 0 rings (SSSR count). The van der Waals surface area contributed by atoms with E-state index in [-0.39, 0.29) is 0 Å². The largest absolute Gasteiger partial charge is 0.124 e. The van der Waals surface area contributed by atoms with Gasteiger partial charge in [-0.05, 0) is 0 Å². The summed E-state index contributed by atoms with van der Waals surface area (Å²) >= 11 is 0. The maximum Gasteiger partial charge on any atom is 0.124 e. The van der Waals surface area contributed by atoms with E-state index in [1.807, 2.05) is 13.3 Å². The van der Waals surface area contributed by atoms with Gasteiger partial charge in [0.2, 0.25) is 0 Å². The Labute approximate surface area is 28.2 Å². The second-order valence-electron chi connectivity index (χ2n) is 0.530. The van der Waals surface area contributed by atoms with Crippen LogP contribution >= 0.6 is 0 Å². The zero-order valence-corrected chi connectivity index (χ0v) is 2.71. The van der Waals surface area contributed by atoms with Crippen molar-refractivity contribution in [1.82, 2.24) is 0 Å². The van der Waals surface area contributed by atoms with E-state index in [1.165, 1.54) is 0 Å². The number of rotatable bonds is 0. The quantitative estimate of drug-likeness (QED) is 0.363. The molecule has 0 bridgehead atoms. The molecule has 0 saturated carbocycles. The van der Waals surface area contributed by atoms with Crippen LogP contribution < -0.4 is 0 Å². The molecule has 0 aliphatic rings. The van der Waals surface area contributed by atoms with Crippen molar-refractivity contribution >= 4 is 0 Å². The molecule has 0 N–H and O–H groups in total. The number of terminal acetylenes is 1. The molecule has 0 amide bonds. The van der Waals surface area contributed by atoms with Crippen molar-refractivity contribution < 1.29 is 1.37 Å². The van der Waals surface area contributed by atoms with Crippen LogP contribution in [0.2, 0.25) is 0 Å². The molecular weight excluding hydrogens is 48.0 g/mol. The minimum Gasteiger partial charge on any atom is -0.120 e. The summed E-state index contributed by atoms with van der Waals surface area (Å²) in [5.41, 5.74) is 0. The first-order valence-electron chi connectivity index (χ1n) is 1.81. The van der Waals surface area contributed by atoms with Crippen molar-refractivity contribution in [3.05, 3.63) is 0 Å². The van der Waals surface area contributed by atoms with Gasteiger partial charge in [-0.3, -0.25) is 0 Å². The molecule has 4 heavy (non-hydrogen) atoms. The van der Waals surface area contributed by atoms with E-state index in [0.717, 1.165) is 6.42 Å². The molecular formula is C4H6. The van der Waals surface area contributed by atoms with Gasteiger partial charge in [0.25, 0.3) is 0 Å². The highest BCUT2D eigenvalue weighted by molar-refractivity contribution is 4.80. The lowest BCUT2D eigenvalue weighted by Gasteiger charge is -1.52. The van der Waals surface area contributed by atoms with Crippen molar-refractivity contribution in [1.29, 1.82) is 0 Å². The third-order valence-electron chi connectivity index (χ3n) is 0.177. The maximum absolute atomic E-state index is 6.24. The fourth-order valence-corrected chi connectivity index (χ4v) is 0. The highest BCUT2D eigenvalue weighted by Crippen LogP contribution is 1.58. The Kier molecular flexibility index (Phi) is 1.18. The Balaban J connectivity index is 2.81. The van der Waals surface area contributed by atoms with Crippen LogP contribution in [0.25, 0.3) is 0 Å². The molecule has 0 saturated heterocycles. The summed E-state index contributed by atoms with van der Waals surface area (Å²) in [5, 5.41) is 0. The van der Waals surface area contributed by atoms with Gasteiger partial charge >= 0.3 is 0 Å². The molecule has 0 radical (unpaired) electrons. The fraction of sp³-hybridized carbons (Fsp3) is 0.500. The van der Waals surface area contributed by atoms with Crippen LogP contribution in [0.15, 0.2) is 0 Å². The summed E-state index contributed by atoms with van der Waals surface area (Å²) in [6.07, 6.45) is 2.81. The van der Waals surface area contributed by atoms with E-state index in [2.05, 4.69) is 5.92 Å². The van der Waals surface area contributed by atoms with Gasteiger partial charge in [0.1, 0.15) is 1.37 Å². The summed E-state index contributed by atoms with van der Waals surface area (Å²) in [5.74, 6) is 2.53. The van der Waals surface area contributed by atoms with E-state index in [4.69, 9.17) is 1.37 Å². The molecule has 0 heterocycles.